The van der Waals surface area contributed by atoms with Crippen LogP contribution in [0, 0.1) is 0 Å². The van der Waals surface area contributed by atoms with E-state index in [4.69, 9.17) is 4.74 Å². The van der Waals surface area contributed by atoms with Crippen molar-refractivity contribution in [3.05, 3.63) is 114 Å². The number of aryl methyl sites for hydroxylation is 1. The van der Waals surface area contributed by atoms with Gasteiger partial charge in [-0.1, -0.05) is 78.9 Å². The second-order valence-electron chi connectivity index (χ2n) is 8.33. The lowest BCUT2D eigenvalue weighted by Crippen LogP contribution is -2.32. The molecule has 0 atom stereocenters. The minimum Gasteiger partial charge on any atom is -0.427 e. The van der Waals surface area contributed by atoms with E-state index in [1.807, 2.05) is 42.2 Å². The number of amides is 1. The predicted molar refractivity (Wildman–Crippen MR) is 137 cm³/mol. The monoisotopic (exact) mass is 455 g/mol. The smallest absolute Gasteiger partial charge is 0.308 e. The van der Waals surface area contributed by atoms with Gasteiger partial charge in [0, 0.05) is 25.9 Å². The maximum atomic E-state index is 12.8. The highest BCUT2D eigenvalue weighted by Crippen LogP contribution is 2.28. The number of hydrogen-bond acceptors (Lipinski definition) is 3. The lowest BCUT2D eigenvalue weighted by Gasteiger charge is -2.25. The van der Waals surface area contributed by atoms with Gasteiger partial charge < -0.3 is 9.64 Å². The highest BCUT2D eigenvalue weighted by atomic mass is 16.5. The van der Waals surface area contributed by atoms with Crippen LogP contribution in [0.25, 0.3) is 0 Å². The number of nitrogens with zero attached hydrogens (tertiary/aromatic N) is 1. The molecule has 0 bridgehead atoms. The average molecular weight is 456 g/mol. The van der Waals surface area contributed by atoms with Crippen molar-refractivity contribution in [2.75, 3.05) is 13.1 Å². The number of esters is 1. The van der Waals surface area contributed by atoms with Gasteiger partial charge in [0.2, 0.25) is 5.91 Å². The quantitative estimate of drug-likeness (QED) is 0.197. The van der Waals surface area contributed by atoms with Gasteiger partial charge in [-0.05, 0) is 61.1 Å². The molecule has 0 aliphatic carbocycles. The summed E-state index contributed by atoms with van der Waals surface area (Å²) in [4.78, 5) is 26.0. The molecule has 176 valence electrons. The average Bonchev–Trinajstić information content (AvgIpc) is 2.84. The molecule has 0 aromatic heterocycles. The Morgan fingerprint density at radius 3 is 2.12 bits per heavy atom. The molecule has 0 heterocycles. The van der Waals surface area contributed by atoms with Crippen molar-refractivity contribution in [3.8, 4) is 5.75 Å². The molecule has 4 heteroatoms. The SMILES string of the molecule is C/C=C/C(=O)N(CCCc1cccc(OC(C)=O)c1)CCC(c1ccccc1)c1ccccc1. The standard InChI is InChI=1S/C30H33NO3/c1-3-12-30(33)31(21-11-14-25-13-10-19-28(23-25)34-24(2)32)22-20-29(26-15-6-4-7-16-26)27-17-8-5-9-18-27/h3-10,12-13,15-19,23,29H,11,14,20-22H2,1-2H3/b12-3+. The van der Waals surface area contributed by atoms with Gasteiger partial charge >= 0.3 is 5.97 Å². The first-order chi connectivity index (χ1) is 16.6. The van der Waals surface area contributed by atoms with Gasteiger partial charge in [0.15, 0.2) is 0 Å². The Hall–Kier alpha value is -3.66. The molecular formula is C30H33NO3. The summed E-state index contributed by atoms with van der Waals surface area (Å²) < 4.78 is 5.19. The normalized spacial score (nSPS) is 11.0. The van der Waals surface area contributed by atoms with E-state index in [0.29, 0.717) is 18.8 Å². The molecule has 0 saturated heterocycles. The minimum atomic E-state index is -0.327. The molecule has 0 saturated carbocycles. The largest absolute Gasteiger partial charge is 0.427 e. The third kappa shape index (κ3) is 7.73. The molecule has 4 nitrogen and oxygen atoms in total. The summed E-state index contributed by atoms with van der Waals surface area (Å²) in [5, 5.41) is 0. The molecule has 1 amide bonds. The van der Waals surface area contributed by atoms with Crippen LogP contribution in [0.15, 0.2) is 97.1 Å². The number of allylic oxidation sites excluding steroid dienone is 1. The number of hydrogen-bond donors (Lipinski definition) is 0. The fraction of sp³-hybridized carbons (Fsp3) is 0.267. The highest BCUT2D eigenvalue weighted by molar-refractivity contribution is 5.87. The summed E-state index contributed by atoms with van der Waals surface area (Å²) in [5.41, 5.74) is 3.60. The summed E-state index contributed by atoms with van der Waals surface area (Å²) in [5.74, 6) is 0.492. The van der Waals surface area contributed by atoms with Crippen LogP contribution in [-0.2, 0) is 16.0 Å². The van der Waals surface area contributed by atoms with Crippen molar-refractivity contribution < 1.29 is 14.3 Å². The van der Waals surface area contributed by atoms with Gasteiger partial charge in [-0.3, -0.25) is 9.59 Å². The van der Waals surface area contributed by atoms with Crippen molar-refractivity contribution in [2.24, 2.45) is 0 Å². The van der Waals surface area contributed by atoms with Gasteiger partial charge in [0.1, 0.15) is 5.75 Å². The molecule has 3 aromatic carbocycles. The molecule has 0 radical (unpaired) electrons. The van der Waals surface area contributed by atoms with Gasteiger partial charge in [-0.2, -0.15) is 0 Å². The van der Waals surface area contributed by atoms with Crippen LogP contribution >= 0.6 is 0 Å². The van der Waals surface area contributed by atoms with Gasteiger partial charge in [0.25, 0.3) is 0 Å². The van der Waals surface area contributed by atoms with E-state index in [-0.39, 0.29) is 17.8 Å². The van der Waals surface area contributed by atoms with Crippen LogP contribution in [0.5, 0.6) is 5.75 Å². The summed E-state index contributed by atoms with van der Waals surface area (Å²) in [7, 11) is 0. The van der Waals surface area contributed by atoms with Gasteiger partial charge in [-0.15, -0.1) is 0 Å². The van der Waals surface area contributed by atoms with Crippen LogP contribution in [0.2, 0.25) is 0 Å². The lowest BCUT2D eigenvalue weighted by molar-refractivity contribution is -0.132. The van der Waals surface area contributed by atoms with Crippen LogP contribution in [0.3, 0.4) is 0 Å². The van der Waals surface area contributed by atoms with Crippen molar-refractivity contribution in [1.82, 2.24) is 4.90 Å². The molecule has 3 rings (SSSR count). The zero-order valence-electron chi connectivity index (χ0n) is 20.0. The van der Waals surface area contributed by atoms with E-state index in [1.165, 1.54) is 18.1 Å². The predicted octanol–water partition coefficient (Wildman–Crippen LogP) is 6.17. The van der Waals surface area contributed by atoms with E-state index in [2.05, 4.69) is 48.5 Å². The van der Waals surface area contributed by atoms with Crippen LogP contribution in [-0.4, -0.2) is 29.9 Å². The van der Waals surface area contributed by atoms with E-state index >= 15 is 0 Å². The maximum Gasteiger partial charge on any atom is 0.308 e. The van der Waals surface area contributed by atoms with Crippen LogP contribution in [0.1, 0.15) is 49.3 Å². The molecule has 0 unspecified atom stereocenters. The summed E-state index contributed by atoms with van der Waals surface area (Å²) >= 11 is 0. The molecule has 34 heavy (non-hydrogen) atoms. The zero-order chi connectivity index (χ0) is 24.2. The van der Waals surface area contributed by atoms with E-state index in [0.717, 1.165) is 24.8 Å². The van der Waals surface area contributed by atoms with Crippen molar-refractivity contribution in [3.63, 3.8) is 0 Å². The summed E-state index contributed by atoms with van der Waals surface area (Å²) in [6, 6.07) is 28.5. The van der Waals surface area contributed by atoms with Gasteiger partial charge in [-0.25, -0.2) is 0 Å². The Balaban J connectivity index is 1.67. The second-order valence-corrected chi connectivity index (χ2v) is 8.33. The number of benzene rings is 3. The first kappa shape index (κ1) is 25.0. The van der Waals surface area contributed by atoms with E-state index in [1.54, 1.807) is 18.2 Å². The van der Waals surface area contributed by atoms with E-state index < -0.39 is 0 Å². The van der Waals surface area contributed by atoms with Crippen LogP contribution < -0.4 is 4.74 Å². The molecule has 0 spiro atoms. The minimum absolute atomic E-state index is 0.0380. The van der Waals surface area contributed by atoms with Crippen molar-refractivity contribution in [2.45, 2.75) is 39.0 Å². The van der Waals surface area contributed by atoms with Crippen molar-refractivity contribution in [1.29, 1.82) is 0 Å². The third-order valence-electron chi connectivity index (χ3n) is 5.77. The zero-order valence-corrected chi connectivity index (χ0v) is 20.0. The molecule has 0 aliphatic rings. The van der Waals surface area contributed by atoms with Crippen molar-refractivity contribution >= 4 is 11.9 Å². The number of carbonyl (C=O) groups excluding carboxylic acids is 2. The Labute approximate surface area is 202 Å². The Morgan fingerprint density at radius 2 is 1.53 bits per heavy atom. The Morgan fingerprint density at radius 1 is 0.882 bits per heavy atom. The second kappa shape index (κ2) is 13.1. The molecule has 0 fully saturated rings. The topological polar surface area (TPSA) is 46.6 Å². The highest BCUT2D eigenvalue weighted by Gasteiger charge is 2.18. The summed E-state index contributed by atoms with van der Waals surface area (Å²) in [6.45, 7) is 4.60. The molecule has 0 aliphatic heterocycles. The molecular weight excluding hydrogens is 422 g/mol. The summed E-state index contributed by atoms with van der Waals surface area (Å²) in [6.07, 6.45) is 5.91. The van der Waals surface area contributed by atoms with Crippen LogP contribution in [0.4, 0.5) is 0 Å². The lowest BCUT2D eigenvalue weighted by atomic mass is 9.88. The maximum absolute atomic E-state index is 12.8. The van der Waals surface area contributed by atoms with Gasteiger partial charge in [0.05, 0.1) is 0 Å². The van der Waals surface area contributed by atoms with E-state index in [9.17, 15) is 9.59 Å². The number of carbonyl (C=O) groups is 2. The Bertz CT molecular complexity index is 1040. The molecule has 0 N–H and O–H groups in total. The third-order valence-corrected chi connectivity index (χ3v) is 5.77. The fourth-order valence-corrected chi connectivity index (χ4v) is 4.17. The number of rotatable bonds is 11. The first-order valence-electron chi connectivity index (χ1n) is 11.9. The first-order valence-corrected chi connectivity index (χ1v) is 11.9. The number of ether oxygens (including phenoxy) is 1. The Kier molecular flexibility index (Phi) is 9.65. The fourth-order valence-electron chi connectivity index (χ4n) is 4.17. The molecule has 3 aromatic rings.